The molecule has 26 heavy (non-hydrogen) atoms. The second-order valence-corrected chi connectivity index (χ2v) is 8.08. The molecule has 1 aliphatic rings. The van der Waals surface area contributed by atoms with E-state index in [-0.39, 0.29) is 11.8 Å². The molecule has 5 nitrogen and oxygen atoms in total. The fraction of sp³-hybridized carbons (Fsp3) is 0.389. The lowest BCUT2D eigenvalue weighted by molar-refractivity contribution is -0.125. The number of hydrogen-bond donors (Lipinski definition) is 1. The summed E-state index contributed by atoms with van der Waals surface area (Å²) in [4.78, 5) is 15.7. The van der Waals surface area contributed by atoms with Crippen molar-refractivity contribution in [3.8, 4) is 0 Å². The average molecular weight is 411 g/mol. The van der Waals surface area contributed by atoms with Crippen LogP contribution in [0.3, 0.4) is 0 Å². The highest BCUT2D eigenvalue weighted by Crippen LogP contribution is 2.22. The second-order valence-electron chi connectivity index (χ2n) is 6.09. The van der Waals surface area contributed by atoms with Gasteiger partial charge < -0.3 is 10.2 Å². The SMILES string of the molecule is O=C(NCCSc1ccc(Cl)cc1)[C@@H]1CCCN(c2ccc(Cl)nn2)C1. The Hall–Kier alpha value is -1.50. The summed E-state index contributed by atoms with van der Waals surface area (Å²) in [6.45, 7) is 2.18. The third-order valence-corrected chi connectivity index (χ3v) is 5.69. The number of halogens is 2. The Kier molecular flexibility index (Phi) is 7.00. The summed E-state index contributed by atoms with van der Waals surface area (Å²) in [6, 6.07) is 11.3. The molecule has 1 fully saturated rings. The molecule has 2 heterocycles. The van der Waals surface area contributed by atoms with Crippen LogP contribution in [0.2, 0.25) is 10.2 Å². The van der Waals surface area contributed by atoms with Gasteiger partial charge in [0.25, 0.3) is 0 Å². The highest BCUT2D eigenvalue weighted by Gasteiger charge is 2.26. The van der Waals surface area contributed by atoms with E-state index >= 15 is 0 Å². The number of aromatic nitrogens is 2. The van der Waals surface area contributed by atoms with Crippen LogP contribution in [-0.4, -0.2) is 41.5 Å². The summed E-state index contributed by atoms with van der Waals surface area (Å²) in [6.07, 6.45) is 1.86. The first-order chi connectivity index (χ1) is 12.6. The lowest BCUT2D eigenvalue weighted by atomic mass is 9.97. The molecule has 0 unspecified atom stereocenters. The molecule has 0 aliphatic carbocycles. The molecule has 0 spiro atoms. The molecule has 1 atom stereocenters. The lowest BCUT2D eigenvalue weighted by Crippen LogP contribution is -2.43. The summed E-state index contributed by atoms with van der Waals surface area (Å²) in [5.41, 5.74) is 0. The third kappa shape index (κ3) is 5.50. The Morgan fingerprint density at radius 1 is 1.19 bits per heavy atom. The summed E-state index contributed by atoms with van der Waals surface area (Å²) in [5.74, 6) is 1.67. The van der Waals surface area contributed by atoms with E-state index in [1.54, 1.807) is 17.8 Å². The van der Waals surface area contributed by atoms with Crippen molar-refractivity contribution < 1.29 is 4.79 Å². The fourth-order valence-electron chi connectivity index (χ4n) is 2.90. The van der Waals surface area contributed by atoms with Gasteiger partial charge in [0.15, 0.2) is 11.0 Å². The summed E-state index contributed by atoms with van der Waals surface area (Å²) >= 11 is 13.4. The third-order valence-electron chi connectivity index (χ3n) is 4.22. The number of piperidine rings is 1. The van der Waals surface area contributed by atoms with Crippen LogP contribution in [0, 0.1) is 5.92 Å². The van der Waals surface area contributed by atoms with E-state index < -0.39 is 0 Å². The van der Waals surface area contributed by atoms with Crippen molar-refractivity contribution in [2.24, 2.45) is 5.92 Å². The first kappa shape index (κ1) is 19.3. The minimum absolute atomic E-state index is 0.0261. The standard InChI is InChI=1S/C18H20Cl2N4OS/c19-14-3-5-15(6-4-14)26-11-9-21-18(25)13-2-1-10-24(12-13)17-8-7-16(20)22-23-17/h3-8,13H,1-2,9-12H2,(H,21,25)/t13-/m1/s1. The predicted octanol–water partition coefficient (Wildman–Crippen LogP) is 3.91. The molecule has 1 aromatic heterocycles. The molecule has 1 saturated heterocycles. The van der Waals surface area contributed by atoms with Crippen LogP contribution < -0.4 is 10.2 Å². The number of rotatable bonds is 6. The molecule has 1 aliphatic heterocycles. The largest absolute Gasteiger partial charge is 0.355 e. The maximum absolute atomic E-state index is 12.5. The van der Waals surface area contributed by atoms with E-state index in [0.717, 1.165) is 40.9 Å². The van der Waals surface area contributed by atoms with Gasteiger partial charge in [-0.1, -0.05) is 23.2 Å². The van der Waals surface area contributed by atoms with Crippen LogP contribution in [0.1, 0.15) is 12.8 Å². The van der Waals surface area contributed by atoms with Crippen LogP contribution in [0.4, 0.5) is 5.82 Å². The van der Waals surface area contributed by atoms with E-state index in [1.807, 2.05) is 30.3 Å². The van der Waals surface area contributed by atoms with Crippen LogP contribution in [0.15, 0.2) is 41.3 Å². The predicted molar refractivity (Wildman–Crippen MR) is 107 cm³/mol. The zero-order chi connectivity index (χ0) is 18.4. The number of carbonyl (C=O) groups is 1. The van der Waals surface area contributed by atoms with Crippen molar-refractivity contribution in [2.75, 3.05) is 30.3 Å². The number of hydrogen-bond acceptors (Lipinski definition) is 5. The number of carbonyl (C=O) groups excluding carboxylic acids is 1. The van der Waals surface area contributed by atoms with E-state index in [2.05, 4.69) is 20.4 Å². The lowest BCUT2D eigenvalue weighted by Gasteiger charge is -2.32. The fourth-order valence-corrected chi connectivity index (χ4v) is 3.89. The number of amides is 1. The molecule has 1 N–H and O–H groups in total. The van der Waals surface area contributed by atoms with E-state index in [9.17, 15) is 4.79 Å². The van der Waals surface area contributed by atoms with Crippen molar-refractivity contribution in [3.05, 3.63) is 46.6 Å². The van der Waals surface area contributed by atoms with Gasteiger partial charge >= 0.3 is 0 Å². The quantitative estimate of drug-likeness (QED) is 0.577. The van der Waals surface area contributed by atoms with Gasteiger partial charge in [0.2, 0.25) is 5.91 Å². The van der Waals surface area contributed by atoms with Gasteiger partial charge in [-0.05, 0) is 49.2 Å². The molecule has 138 valence electrons. The van der Waals surface area contributed by atoms with E-state index in [4.69, 9.17) is 23.2 Å². The first-order valence-electron chi connectivity index (χ1n) is 8.52. The number of anilines is 1. The second kappa shape index (κ2) is 9.44. The van der Waals surface area contributed by atoms with Crippen LogP contribution in [-0.2, 0) is 4.79 Å². The molecular formula is C18H20Cl2N4OS. The van der Waals surface area contributed by atoms with Crippen molar-refractivity contribution in [3.63, 3.8) is 0 Å². The minimum Gasteiger partial charge on any atom is -0.355 e. The molecule has 0 bridgehead atoms. The smallest absolute Gasteiger partial charge is 0.224 e. The Morgan fingerprint density at radius 2 is 2.00 bits per heavy atom. The molecule has 0 saturated carbocycles. The van der Waals surface area contributed by atoms with Crippen LogP contribution in [0.5, 0.6) is 0 Å². The topological polar surface area (TPSA) is 58.1 Å². The molecular weight excluding hydrogens is 391 g/mol. The van der Waals surface area contributed by atoms with Gasteiger partial charge in [-0.15, -0.1) is 22.0 Å². The monoisotopic (exact) mass is 410 g/mol. The van der Waals surface area contributed by atoms with E-state index in [1.165, 1.54) is 0 Å². The van der Waals surface area contributed by atoms with Crippen LogP contribution in [0.25, 0.3) is 0 Å². The van der Waals surface area contributed by atoms with Crippen molar-refractivity contribution in [2.45, 2.75) is 17.7 Å². The molecule has 1 amide bonds. The van der Waals surface area contributed by atoms with Gasteiger partial charge in [0, 0.05) is 35.3 Å². The Balaban J connectivity index is 1.43. The highest BCUT2D eigenvalue weighted by molar-refractivity contribution is 7.99. The normalized spacial score (nSPS) is 17.2. The molecule has 0 radical (unpaired) electrons. The zero-order valence-electron chi connectivity index (χ0n) is 14.2. The maximum atomic E-state index is 12.5. The van der Waals surface area contributed by atoms with Gasteiger partial charge in [0.05, 0.1) is 5.92 Å². The minimum atomic E-state index is -0.0261. The summed E-state index contributed by atoms with van der Waals surface area (Å²) in [5, 5.41) is 12.1. The Labute approximate surface area is 167 Å². The number of benzene rings is 1. The molecule has 3 rings (SSSR count). The van der Waals surface area contributed by atoms with Crippen LogP contribution >= 0.6 is 35.0 Å². The van der Waals surface area contributed by atoms with Gasteiger partial charge in [-0.2, -0.15) is 0 Å². The van der Waals surface area contributed by atoms with E-state index in [0.29, 0.717) is 18.2 Å². The van der Waals surface area contributed by atoms with Crippen molar-refractivity contribution in [1.82, 2.24) is 15.5 Å². The Bertz CT molecular complexity index is 727. The summed E-state index contributed by atoms with van der Waals surface area (Å²) < 4.78 is 0. The first-order valence-corrected chi connectivity index (χ1v) is 10.3. The van der Waals surface area contributed by atoms with Gasteiger partial charge in [0.1, 0.15) is 0 Å². The van der Waals surface area contributed by atoms with Crippen molar-refractivity contribution >= 4 is 46.7 Å². The number of nitrogens with zero attached hydrogens (tertiary/aromatic N) is 3. The molecule has 1 aromatic carbocycles. The van der Waals surface area contributed by atoms with Gasteiger partial charge in [-0.25, -0.2) is 0 Å². The zero-order valence-corrected chi connectivity index (χ0v) is 16.5. The number of thioether (sulfide) groups is 1. The number of nitrogens with one attached hydrogen (secondary N) is 1. The van der Waals surface area contributed by atoms with Crippen molar-refractivity contribution in [1.29, 1.82) is 0 Å². The summed E-state index contributed by atoms with van der Waals surface area (Å²) in [7, 11) is 0. The molecule has 8 heteroatoms. The van der Waals surface area contributed by atoms with Gasteiger partial charge in [-0.3, -0.25) is 4.79 Å². The Morgan fingerprint density at radius 3 is 2.73 bits per heavy atom. The molecule has 2 aromatic rings. The average Bonchev–Trinajstić information content (AvgIpc) is 2.67. The highest BCUT2D eigenvalue weighted by atomic mass is 35.5. The maximum Gasteiger partial charge on any atom is 0.224 e.